The molecule has 1 unspecified atom stereocenters. The lowest BCUT2D eigenvalue weighted by Gasteiger charge is -2.04. The van der Waals surface area contributed by atoms with Gasteiger partial charge in [0.05, 0.1) is 18.1 Å². The van der Waals surface area contributed by atoms with Gasteiger partial charge in [-0.2, -0.15) is 0 Å². The maximum atomic E-state index is 11.4. The smallest absolute Gasteiger partial charge is 0.373 e. The molecule has 1 atom stereocenters. The van der Waals surface area contributed by atoms with Crippen LogP contribution in [0.25, 0.3) is 0 Å². The van der Waals surface area contributed by atoms with E-state index < -0.39 is 11.9 Å². The van der Waals surface area contributed by atoms with Crippen LogP contribution in [0.1, 0.15) is 28.5 Å². The Labute approximate surface area is 139 Å². The Kier molecular flexibility index (Phi) is 5.86. The van der Waals surface area contributed by atoms with Crippen LogP contribution in [0, 0.1) is 0 Å². The third-order valence-electron chi connectivity index (χ3n) is 2.42. The first-order valence-electron chi connectivity index (χ1n) is 6.09. The van der Waals surface area contributed by atoms with Crippen LogP contribution in [0.15, 0.2) is 25.2 Å². The second kappa shape index (κ2) is 7.65. The Bertz CT molecular complexity index is 670. The molecule has 0 saturated carbocycles. The van der Waals surface area contributed by atoms with Crippen molar-refractivity contribution in [3.63, 3.8) is 0 Å². The van der Waals surface area contributed by atoms with Crippen LogP contribution in [0.3, 0.4) is 0 Å². The summed E-state index contributed by atoms with van der Waals surface area (Å²) in [7, 11) is 1.30. The van der Waals surface area contributed by atoms with Crippen molar-refractivity contribution in [2.75, 3.05) is 12.9 Å². The quantitative estimate of drug-likeness (QED) is 0.593. The number of nitrogens with two attached hydrogens (primary N) is 1. The SMILES string of the molecule is COC(=O)c1ccc(C(C)Sc2nnc(SCC(N)=O)s2)o1. The highest BCUT2D eigenvalue weighted by molar-refractivity contribution is 8.03. The van der Waals surface area contributed by atoms with Crippen LogP contribution < -0.4 is 5.73 Å². The van der Waals surface area contributed by atoms with Gasteiger partial charge in [-0.15, -0.1) is 10.2 Å². The molecular formula is C12H13N3O4S3. The van der Waals surface area contributed by atoms with E-state index >= 15 is 0 Å². The highest BCUT2D eigenvalue weighted by Gasteiger charge is 2.18. The van der Waals surface area contributed by atoms with Gasteiger partial charge in [-0.25, -0.2) is 4.79 Å². The van der Waals surface area contributed by atoms with Gasteiger partial charge in [0.15, 0.2) is 8.68 Å². The van der Waals surface area contributed by atoms with Gasteiger partial charge in [0, 0.05) is 0 Å². The molecule has 2 heterocycles. The number of esters is 1. The van der Waals surface area contributed by atoms with E-state index in [1.165, 1.54) is 42.0 Å². The van der Waals surface area contributed by atoms with Gasteiger partial charge in [0.1, 0.15) is 5.76 Å². The fraction of sp³-hybridized carbons (Fsp3) is 0.333. The second-order valence-electron chi connectivity index (χ2n) is 4.04. The number of furan rings is 1. The summed E-state index contributed by atoms with van der Waals surface area (Å²) in [4.78, 5) is 22.1. The number of ether oxygens (including phenoxy) is 1. The topological polar surface area (TPSA) is 108 Å². The fourth-order valence-electron chi connectivity index (χ4n) is 1.43. The molecule has 0 aliphatic rings. The van der Waals surface area contributed by atoms with Crippen LogP contribution in [0.2, 0.25) is 0 Å². The molecule has 0 saturated heterocycles. The van der Waals surface area contributed by atoms with Gasteiger partial charge in [-0.05, 0) is 19.1 Å². The fourth-order valence-corrected chi connectivity index (χ4v) is 4.41. The standard InChI is InChI=1S/C12H13N3O4S3/c1-6(7-3-4-8(19-7)10(17)18-2)21-12-15-14-11(22-12)20-5-9(13)16/h3-4,6H,5H2,1-2H3,(H2,13,16). The summed E-state index contributed by atoms with van der Waals surface area (Å²) in [5.41, 5.74) is 5.08. The molecule has 2 aromatic heterocycles. The van der Waals surface area contributed by atoms with Gasteiger partial charge >= 0.3 is 5.97 Å². The van der Waals surface area contributed by atoms with Crippen molar-refractivity contribution in [3.05, 3.63) is 23.7 Å². The molecule has 1 amide bonds. The number of rotatable bonds is 7. The van der Waals surface area contributed by atoms with E-state index in [-0.39, 0.29) is 16.8 Å². The predicted molar refractivity (Wildman–Crippen MR) is 84.1 cm³/mol. The van der Waals surface area contributed by atoms with Crippen molar-refractivity contribution < 1.29 is 18.7 Å². The average Bonchev–Trinajstić information content (AvgIpc) is 3.13. The Morgan fingerprint density at radius 1 is 1.41 bits per heavy atom. The molecule has 0 fully saturated rings. The van der Waals surface area contributed by atoms with E-state index in [0.29, 0.717) is 10.1 Å². The molecule has 118 valence electrons. The summed E-state index contributed by atoms with van der Waals surface area (Å²) in [6, 6.07) is 3.31. The summed E-state index contributed by atoms with van der Waals surface area (Å²) < 4.78 is 11.5. The summed E-state index contributed by atoms with van der Waals surface area (Å²) in [5.74, 6) is 0.0836. The molecule has 22 heavy (non-hydrogen) atoms. The lowest BCUT2D eigenvalue weighted by Crippen LogP contribution is -2.12. The van der Waals surface area contributed by atoms with Gasteiger partial charge in [0.25, 0.3) is 0 Å². The Morgan fingerprint density at radius 3 is 2.82 bits per heavy atom. The van der Waals surface area contributed by atoms with Crippen LogP contribution in [0.4, 0.5) is 0 Å². The van der Waals surface area contributed by atoms with Crippen molar-refractivity contribution in [1.29, 1.82) is 0 Å². The zero-order valence-electron chi connectivity index (χ0n) is 11.8. The summed E-state index contributed by atoms with van der Waals surface area (Å²) >= 11 is 4.09. The van der Waals surface area contributed by atoms with Gasteiger partial charge in [0.2, 0.25) is 11.7 Å². The molecule has 10 heteroatoms. The first-order valence-corrected chi connectivity index (χ1v) is 8.77. The highest BCUT2D eigenvalue weighted by atomic mass is 32.2. The molecule has 0 aliphatic heterocycles. The number of carbonyl (C=O) groups excluding carboxylic acids is 2. The molecule has 0 spiro atoms. The summed E-state index contributed by atoms with van der Waals surface area (Å²) in [5, 5.41) is 7.98. The average molecular weight is 359 g/mol. The first kappa shape index (κ1) is 16.8. The number of thioether (sulfide) groups is 2. The van der Waals surface area contributed by atoms with Crippen LogP contribution >= 0.6 is 34.9 Å². The summed E-state index contributed by atoms with van der Waals surface area (Å²) in [6.07, 6.45) is 0. The molecule has 2 rings (SSSR count). The van der Waals surface area contributed by atoms with Crippen LogP contribution in [-0.2, 0) is 9.53 Å². The molecule has 0 bridgehead atoms. The molecular weight excluding hydrogens is 346 g/mol. The summed E-state index contributed by atoms with van der Waals surface area (Å²) in [6.45, 7) is 1.93. The zero-order chi connectivity index (χ0) is 16.1. The van der Waals surface area contributed by atoms with Crippen molar-refractivity contribution in [2.45, 2.75) is 20.9 Å². The highest BCUT2D eigenvalue weighted by Crippen LogP contribution is 2.38. The van der Waals surface area contributed by atoms with Gasteiger partial charge < -0.3 is 14.9 Å². The minimum atomic E-state index is -0.510. The maximum absolute atomic E-state index is 11.4. The number of hydrogen-bond donors (Lipinski definition) is 1. The first-order chi connectivity index (χ1) is 10.5. The van der Waals surface area contributed by atoms with Crippen LogP contribution in [0.5, 0.6) is 0 Å². The Morgan fingerprint density at radius 2 is 2.14 bits per heavy atom. The largest absolute Gasteiger partial charge is 0.463 e. The normalized spacial score (nSPS) is 12.1. The molecule has 0 radical (unpaired) electrons. The Hall–Kier alpha value is -1.52. The minimum absolute atomic E-state index is 0.0413. The van der Waals surface area contributed by atoms with E-state index in [2.05, 4.69) is 14.9 Å². The third-order valence-corrected chi connectivity index (χ3v) is 5.70. The minimum Gasteiger partial charge on any atom is -0.463 e. The third kappa shape index (κ3) is 4.49. The number of methoxy groups -OCH3 is 1. The number of carbonyl (C=O) groups is 2. The van der Waals surface area contributed by atoms with Gasteiger partial charge in [-0.3, -0.25) is 4.79 Å². The second-order valence-corrected chi connectivity index (χ2v) is 7.83. The predicted octanol–water partition coefficient (Wildman–Crippen LogP) is 2.35. The lowest BCUT2D eigenvalue weighted by molar-refractivity contribution is -0.115. The van der Waals surface area contributed by atoms with Gasteiger partial charge in [-0.1, -0.05) is 34.9 Å². The van der Waals surface area contributed by atoms with E-state index in [1.807, 2.05) is 6.92 Å². The number of amides is 1. The molecule has 2 aromatic rings. The van der Waals surface area contributed by atoms with Crippen LogP contribution in [-0.4, -0.2) is 34.9 Å². The van der Waals surface area contributed by atoms with Crippen molar-refractivity contribution in [1.82, 2.24) is 10.2 Å². The number of hydrogen-bond acceptors (Lipinski definition) is 9. The monoisotopic (exact) mass is 359 g/mol. The van der Waals surface area contributed by atoms with Crippen molar-refractivity contribution >= 4 is 46.7 Å². The van der Waals surface area contributed by atoms with Crippen molar-refractivity contribution in [3.8, 4) is 0 Å². The zero-order valence-corrected chi connectivity index (χ0v) is 14.2. The molecule has 2 N–H and O–H groups in total. The Balaban J connectivity index is 1.96. The van der Waals surface area contributed by atoms with Crippen molar-refractivity contribution in [2.24, 2.45) is 5.73 Å². The van der Waals surface area contributed by atoms with E-state index in [4.69, 9.17) is 10.2 Å². The number of nitrogens with zero attached hydrogens (tertiary/aromatic N) is 2. The molecule has 0 aromatic carbocycles. The molecule has 0 aliphatic carbocycles. The number of aromatic nitrogens is 2. The van der Waals surface area contributed by atoms with E-state index in [0.717, 1.165) is 4.34 Å². The van der Waals surface area contributed by atoms with E-state index in [9.17, 15) is 9.59 Å². The van der Waals surface area contributed by atoms with E-state index in [1.54, 1.807) is 12.1 Å². The maximum Gasteiger partial charge on any atom is 0.373 e. The molecule has 7 nitrogen and oxygen atoms in total. The lowest BCUT2D eigenvalue weighted by atomic mass is 10.3. The number of primary amides is 1.